The molecule has 5 heteroatoms. The van der Waals surface area contributed by atoms with Crippen molar-refractivity contribution in [1.82, 2.24) is 4.72 Å². The SMILES string of the molecule is C=NC(=NC)C(C)=C(N)/C=C/SNC. The number of rotatable bonds is 4. The summed E-state index contributed by atoms with van der Waals surface area (Å²) in [4.78, 5) is 7.71. The van der Waals surface area contributed by atoms with E-state index >= 15 is 0 Å². The van der Waals surface area contributed by atoms with Gasteiger partial charge in [0.05, 0.1) is 0 Å². The second-order valence-electron chi connectivity index (χ2n) is 2.41. The summed E-state index contributed by atoms with van der Waals surface area (Å²) in [6.45, 7) is 5.28. The van der Waals surface area contributed by atoms with Crippen LogP contribution in [-0.2, 0) is 0 Å². The summed E-state index contributed by atoms with van der Waals surface area (Å²) < 4.78 is 2.90. The first kappa shape index (κ1) is 12.9. The number of nitrogens with zero attached hydrogens (tertiary/aromatic N) is 2. The molecule has 0 bridgehead atoms. The Kier molecular flexibility index (Phi) is 6.78. The quantitative estimate of drug-likeness (QED) is 0.320. The Bertz CT molecular complexity index is 279. The molecule has 0 heterocycles. The van der Waals surface area contributed by atoms with Crippen molar-refractivity contribution in [2.24, 2.45) is 15.7 Å². The molecule has 0 amide bonds. The van der Waals surface area contributed by atoms with E-state index in [1.165, 1.54) is 11.9 Å². The molecule has 0 aromatic heterocycles. The fourth-order valence-electron chi connectivity index (χ4n) is 0.786. The van der Waals surface area contributed by atoms with E-state index in [4.69, 9.17) is 5.73 Å². The number of nitrogens with one attached hydrogen (secondary N) is 1. The molecule has 4 nitrogen and oxygen atoms in total. The van der Waals surface area contributed by atoms with Crippen LogP contribution in [0.2, 0.25) is 0 Å². The minimum Gasteiger partial charge on any atom is -0.398 e. The lowest BCUT2D eigenvalue weighted by molar-refractivity contribution is 1.29. The van der Waals surface area contributed by atoms with Crippen molar-refractivity contribution in [3.05, 3.63) is 22.8 Å². The Balaban J connectivity index is 4.65. The first-order chi connectivity index (χ1) is 6.67. The molecule has 14 heavy (non-hydrogen) atoms. The van der Waals surface area contributed by atoms with E-state index in [2.05, 4.69) is 21.4 Å². The zero-order valence-electron chi connectivity index (χ0n) is 8.74. The highest BCUT2D eigenvalue weighted by Gasteiger charge is 2.00. The molecule has 78 valence electrons. The van der Waals surface area contributed by atoms with Crippen LogP contribution in [0.25, 0.3) is 0 Å². The van der Waals surface area contributed by atoms with E-state index in [0.717, 1.165) is 5.57 Å². The van der Waals surface area contributed by atoms with Crippen LogP contribution < -0.4 is 10.5 Å². The van der Waals surface area contributed by atoms with Crippen LogP contribution in [0.1, 0.15) is 6.92 Å². The van der Waals surface area contributed by atoms with Gasteiger partial charge in [-0.25, -0.2) is 4.99 Å². The Morgan fingerprint density at radius 1 is 1.57 bits per heavy atom. The Morgan fingerprint density at radius 2 is 2.21 bits per heavy atom. The third-order valence-electron chi connectivity index (χ3n) is 1.56. The van der Waals surface area contributed by atoms with Crippen molar-refractivity contribution in [2.75, 3.05) is 14.1 Å². The van der Waals surface area contributed by atoms with Crippen LogP contribution in [0.15, 0.2) is 32.7 Å². The summed E-state index contributed by atoms with van der Waals surface area (Å²) in [5.74, 6) is 0.571. The summed E-state index contributed by atoms with van der Waals surface area (Å²) in [5, 5.41) is 1.86. The van der Waals surface area contributed by atoms with E-state index in [1.54, 1.807) is 13.1 Å². The van der Waals surface area contributed by atoms with Crippen molar-refractivity contribution >= 4 is 24.5 Å². The number of amidine groups is 1. The molecule has 0 saturated heterocycles. The van der Waals surface area contributed by atoms with Crippen LogP contribution in [0.5, 0.6) is 0 Å². The minimum atomic E-state index is 0.571. The number of allylic oxidation sites excluding steroid dienone is 1. The standard InChI is InChI=1S/C9H16N4S/c1-7(9(11-2)12-3)8(10)5-6-14-13-4/h5-6,13H,2,10H2,1,3-4H3/b6-5+,8-7?,12-9?. The van der Waals surface area contributed by atoms with Gasteiger partial charge in [-0.3, -0.25) is 9.71 Å². The van der Waals surface area contributed by atoms with Gasteiger partial charge in [0.25, 0.3) is 0 Å². The lowest BCUT2D eigenvalue weighted by atomic mass is 10.2. The maximum absolute atomic E-state index is 5.79. The Labute approximate surface area is 89.2 Å². The fraction of sp³-hybridized carbons (Fsp3) is 0.333. The third kappa shape index (κ3) is 4.25. The van der Waals surface area contributed by atoms with Gasteiger partial charge < -0.3 is 5.73 Å². The molecule has 0 atom stereocenters. The first-order valence-electron chi connectivity index (χ1n) is 4.06. The van der Waals surface area contributed by atoms with E-state index < -0.39 is 0 Å². The highest BCUT2D eigenvalue weighted by atomic mass is 32.2. The van der Waals surface area contributed by atoms with Gasteiger partial charge >= 0.3 is 0 Å². The van der Waals surface area contributed by atoms with E-state index in [0.29, 0.717) is 11.5 Å². The van der Waals surface area contributed by atoms with Gasteiger partial charge in [0.1, 0.15) is 0 Å². The normalized spacial score (nSPS) is 14.4. The third-order valence-corrected chi connectivity index (χ3v) is 2.07. The number of nitrogens with two attached hydrogens (primary N) is 1. The van der Waals surface area contributed by atoms with Gasteiger partial charge in [0.2, 0.25) is 0 Å². The highest BCUT2D eigenvalue weighted by molar-refractivity contribution is 8.00. The largest absolute Gasteiger partial charge is 0.398 e. The van der Waals surface area contributed by atoms with Gasteiger partial charge in [-0.15, -0.1) is 0 Å². The molecule has 0 aromatic rings. The molecular formula is C9H16N4S. The second-order valence-corrected chi connectivity index (χ2v) is 3.33. The average molecular weight is 212 g/mol. The Hall–Kier alpha value is -1.07. The van der Waals surface area contributed by atoms with Gasteiger partial charge in [0, 0.05) is 18.3 Å². The van der Waals surface area contributed by atoms with Crippen LogP contribution in [0.4, 0.5) is 0 Å². The molecule has 0 rings (SSSR count). The summed E-state index contributed by atoms with van der Waals surface area (Å²) in [5.41, 5.74) is 7.26. The summed E-state index contributed by atoms with van der Waals surface area (Å²) in [6.07, 6.45) is 1.80. The molecule has 0 saturated carbocycles. The molecule has 0 spiro atoms. The van der Waals surface area contributed by atoms with Gasteiger partial charge in [-0.1, -0.05) is 11.9 Å². The smallest absolute Gasteiger partial charge is 0.151 e. The van der Waals surface area contributed by atoms with Crippen molar-refractivity contribution in [1.29, 1.82) is 0 Å². The zero-order chi connectivity index (χ0) is 11.0. The summed E-state index contributed by atoms with van der Waals surface area (Å²) in [7, 11) is 3.50. The van der Waals surface area contributed by atoms with Gasteiger partial charge in [0.15, 0.2) is 5.84 Å². The van der Waals surface area contributed by atoms with E-state index in [1.807, 2.05) is 19.4 Å². The van der Waals surface area contributed by atoms with Crippen LogP contribution in [0.3, 0.4) is 0 Å². The van der Waals surface area contributed by atoms with Crippen LogP contribution in [0, 0.1) is 0 Å². The Morgan fingerprint density at radius 3 is 2.64 bits per heavy atom. The number of aliphatic imine (C=N–C) groups is 2. The zero-order valence-corrected chi connectivity index (χ0v) is 9.56. The number of hydrogen-bond acceptors (Lipinski definition) is 4. The van der Waals surface area contributed by atoms with E-state index in [9.17, 15) is 0 Å². The van der Waals surface area contributed by atoms with E-state index in [-0.39, 0.29) is 0 Å². The van der Waals surface area contributed by atoms with Gasteiger partial charge in [-0.2, -0.15) is 0 Å². The first-order valence-corrected chi connectivity index (χ1v) is 4.94. The molecule has 0 radical (unpaired) electrons. The molecule has 0 unspecified atom stereocenters. The maximum atomic E-state index is 5.79. The second kappa shape index (κ2) is 7.34. The predicted molar refractivity (Wildman–Crippen MR) is 65.6 cm³/mol. The van der Waals surface area contributed by atoms with Gasteiger partial charge in [-0.05, 0) is 32.2 Å². The van der Waals surface area contributed by atoms with Crippen molar-refractivity contribution in [2.45, 2.75) is 6.92 Å². The fourth-order valence-corrected chi connectivity index (χ4v) is 1.14. The molecule has 0 aliphatic rings. The van der Waals surface area contributed by atoms with Crippen molar-refractivity contribution < 1.29 is 0 Å². The number of hydrogen-bond donors (Lipinski definition) is 2. The predicted octanol–water partition coefficient (Wildman–Crippen LogP) is 1.33. The lowest BCUT2D eigenvalue weighted by Gasteiger charge is -2.02. The highest BCUT2D eigenvalue weighted by Crippen LogP contribution is 2.05. The lowest BCUT2D eigenvalue weighted by Crippen LogP contribution is -2.05. The average Bonchev–Trinajstić information content (AvgIpc) is 2.19. The summed E-state index contributed by atoms with van der Waals surface area (Å²) >= 11 is 1.45. The molecular weight excluding hydrogens is 196 g/mol. The van der Waals surface area contributed by atoms with Crippen molar-refractivity contribution in [3.8, 4) is 0 Å². The van der Waals surface area contributed by atoms with Crippen LogP contribution >= 0.6 is 11.9 Å². The topological polar surface area (TPSA) is 62.8 Å². The van der Waals surface area contributed by atoms with Crippen molar-refractivity contribution in [3.63, 3.8) is 0 Å². The molecule has 3 N–H and O–H groups in total. The minimum absolute atomic E-state index is 0.571. The molecule has 0 fully saturated rings. The molecule has 0 aliphatic heterocycles. The monoisotopic (exact) mass is 212 g/mol. The molecule has 0 aromatic carbocycles. The maximum Gasteiger partial charge on any atom is 0.151 e. The van der Waals surface area contributed by atoms with Crippen LogP contribution in [-0.4, -0.2) is 26.6 Å². The molecule has 0 aliphatic carbocycles. The summed E-state index contributed by atoms with van der Waals surface area (Å²) in [6, 6.07) is 0.